The maximum absolute atomic E-state index is 13.7. The van der Waals surface area contributed by atoms with Gasteiger partial charge in [-0.25, -0.2) is 14.8 Å². The summed E-state index contributed by atoms with van der Waals surface area (Å²) < 4.78 is 47.9. The zero-order chi connectivity index (χ0) is 23.5. The van der Waals surface area contributed by atoms with Gasteiger partial charge in [-0.3, -0.25) is 4.68 Å². The first-order chi connectivity index (χ1) is 14.9. The molecule has 0 atom stereocenters. The fourth-order valence-electron chi connectivity index (χ4n) is 3.03. The van der Waals surface area contributed by atoms with Crippen LogP contribution in [-0.2, 0) is 30.9 Å². The van der Waals surface area contributed by atoms with Crippen LogP contribution in [0.25, 0.3) is 11.3 Å². The third kappa shape index (κ3) is 6.29. The number of aromatic nitrogens is 4. The van der Waals surface area contributed by atoms with Gasteiger partial charge in [-0.15, -0.1) is 0 Å². The predicted molar refractivity (Wildman–Crippen MR) is 112 cm³/mol. The van der Waals surface area contributed by atoms with E-state index in [0.717, 1.165) is 11.6 Å². The number of benzene rings is 1. The fraction of sp³-hybridized carbons (Fsp3) is 0.364. The van der Waals surface area contributed by atoms with Crippen LogP contribution in [0.5, 0.6) is 0 Å². The number of hydrogen-bond donors (Lipinski definition) is 1. The van der Waals surface area contributed by atoms with Gasteiger partial charge in [0.1, 0.15) is 11.4 Å². The van der Waals surface area contributed by atoms with Gasteiger partial charge in [0.2, 0.25) is 0 Å². The van der Waals surface area contributed by atoms with Crippen molar-refractivity contribution in [1.82, 2.24) is 25.1 Å². The molecule has 0 fully saturated rings. The highest BCUT2D eigenvalue weighted by Gasteiger charge is 2.34. The molecule has 0 bridgehead atoms. The minimum absolute atomic E-state index is 0.0725. The maximum atomic E-state index is 13.7. The van der Waals surface area contributed by atoms with Gasteiger partial charge < -0.3 is 10.1 Å². The number of carbonyl (C=O) groups excluding carboxylic acids is 1. The molecule has 10 heteroatoms. The molecule has 2 aromatic heterocycles. The molecule has 0 aliphatic carbocycles. The Bertz CT molecular complexity index is 1100. The number of nitrogens with one attached hydrogen (secondary N) is 1. The summed E-state index contributed by atoms with van der Waals surface area (Å²) in [6.45, 7) is 4.70. The molecule has 0 saturated carbocycles. The van der Waals surface area contributed by atoms with Gasteiger partial charge in [-0.1, -0.05) is 12.1 Å². The average molecular weight is 447 g/mol. The summed E-state index contributed by atoms with van der Waals surface area (Å²) >= 11 is 0. The van der Waals surface area contributed by atoms with E-state index < -0.39 is 23.4 Å². The summed E-state index contributed by atoms with van der Waals surface area (Å²) in [6.07, 6.45) is 0.0389. The van der Waals surface area contributed by atoms with Crippen LogP contribution in [0, 0.1) is 0 Å². The van der Waals surface area contributed by atoms with E-state index in [1.165, 1.54) is 18.3 Å². The number of ether oxygens (including phenoxy) is 1. The molecule has 0 spiro atoms. The van der Waals surface area contributed by atoms with E-state index >= 15 is 0 Å². The molecule has 2 heterocycles. The first kappa shape index (κ1) is 23.2. The van der Waals surface area contributed by atoms with Gasteiger partial charge >= 0.3 is 12.3 Å². The second-order valence-corrected chi connectivity index (χ2v) is 8.28. The molecule has 0 unspecified atom stereocenters. The van der Waals surface area contributed by atoms with Crippen molar-refractivity contribution in [2.75, 3.05) is 0 Å². The largest absolute Gasteiger partial charge is 0.444 e. The molecule has 0 aliphatic heterocycles. The van der Waals surface area contributed by atoms with Gasteiger partial charge in [-0.2, -0.15) is 18.3 Å². The number of amides is 1. The Morgan fingerprint density at radius 3 is 2.56 bits per heavy atom. The minimum atomic E-state index is -4.60. The highest BCUT2D eigenvalue weighted by Crippen LogP contribution is 2.34. The minimum Gasteiger partial charge on any atom is -0.444 e. The Balaban J connectivity index is 1.84. The zero-order valence-corrected chi connectivity index (χ0v) is 18.2. The van der Waals surface area contributed by atoms with E-state index in [0.29, 0.717) is 23.5 Å². The van der Waals surface area contributed by atoms with Crippen molar-refractivity contribution in [2.24, 2.45) is 7.05 Å². The molecule has 0 saturated heterocycles. The summed E-state index contributed by atoms with van der Waals surface area (Å²) in [5.41, 5.74) is -0.106. The zero-order valence-electron chi connectivity index (χ0n) is 18.2. The number of nitrogens with zero attached hydrogens (tertiary/aromatic N) is 4. The van der Waals surface area contributed by atoms with E-state index in [1.54, 1.807) is 44.8 Å². The number of carbonyl (C=O) groups is 1. The topological polar surface area (TPSA) is 81.9 Å². The average Bonchev–Trinajstić information content (AvgIpc) is 3.09. The molecule has 1 aromatic carbocycles. The van der Waals surface area contributed by atoms with Gasteiger partial charge in [-0.05, 0) is 44.0 Å². The lowest BCUT2D eigenvalue weighted by Gasteiger charge is -2.20. The third-order valence-corrected chi connectivity index (χ3v) is 4.36. The van der Waals surface area contributed by atoms with Crippen LogP contribution in [0.1, 0.15) is 43.3 Å². The standard InChI is InChI=1S/C22H24F3N5O2/c1-21(2,3)32-20(31)27-12-16-6-5-15(10-17(16)22(23,24)25)18-7-8-26-19(29-18)9-14-11-28-30(4)13-14/h5-8,10-11,13H,9,12H2,1-4H3,(H,27,31). The first-order valence-electron chi connectivity index (χ1n) is 9.87. The van der Waals surface area contributed by atoms with Crippen molar-refractivity contribution in [3.8, 4) is 11.3 Å². The molecular formula is C22H24F3N5O2. The van der Waals surface area contributed by atoms with Crippen LogP contribution in [0.2, 0.25) is 0 Å². The van der Waals surface area contributed by atoms with E-state index in [9.17, 15) is 18.0 Å². The van der Waals surface area contributed by atoms with E-state index in [-0.39, 0.29) is 12.1 Å². The van der Waals surface area contributed by atoms with Crippen LogP contribution in [0.3, 0.4) is 0 Å². The van der Waals surface area contributed by atoms with Crippen molar-refractivity contribution in [1.29, 1.82) is 0 Å². The number of halogens is 3. The highest BCUT2D eigenvalue weighted by molar-refractivity contribution is 5.68. The van der Waals surface area contributed by atoms with Crippen molar-refractivity contribution in [3.63, 3.8) is 0 Å². The predicted octanol–water partition coefficient (Wildman–Crippen LogP) is 4.51. The summed E-state index contributed by atoms with van der Waals surface area (Å²) in [6, 6.07) is 5.46. The Morgan fingerprint density at radius 1 is 1.19 bits per heavy atom. The van der Waals surface area contributed by atoms with Crippen LogP contribution < -0.4 is 5.32 Å². The van der Waals surface area contributed by atoms with Crippen molar-refractivity contribution >= 4 is 6.09 Å². The van der Waals surface area contributed by atoms with Crippen molar-refractivity contribution in [2.45, 2.75) is 45.5 Å². The molecular weight excluding hydrogens is 423 g/mol. The smallest absolute Gasteiger partial charge is 0.416 e. The molecule has 0 radical (unpaired) electrons. The summed E-state index contributed by atoms with van der Waals surface area (Å²) in [4.78, 5) is 20.4. The van der Waals surface area contributed by atoms with Crippen molar-refractivity contribution in [3.05, 3.63) is 65.4 Å². The van der Waals surface area contributed by atoms with Crippen LogP contribution in [0.15, 0.2) is 42.9 Å². The number of hydrogen-bond acceptors (Lipinski definition) is 5. The number of aryl methyl sites for hydroxylation is 1. The summed E-state index contributed by atoms with van der Waals surface area (Å²) in [5, 5.41) is 6.46. The Kier molecular flexibility index (Phi) is 6.52. The monoisotopic (exact) mass is 447 g/mol. The normalized spacial score (nSPS) is 12.0. The van der Waals surface area contributed by atoms with Gasteiger partial charge in [0, 0.05) is 38.0 Å². The lowest BCUT2D eigenvalue weighted by atomic mass is 10.0. The first-order valence-corrected chi connectivity index (χ1v) is 9.87. The SMILES string of the molecule is Cn1cc(Cc2nccc(-c3ccc(CNC(=O)OC(C)(C)C)c(C(F)(F)F)c3)n2)cn1. The summed E-state index contributed by atoms with van der Waals surface area (Å²) in [5.74, 6) is 0.472. The lowest BCUT2D eigenvalue weighted by Crippen LogP contribution is -2.32. The fourth-order valence-corrected chi connectivity index (χ4v) is 3.03. The van der Waals surface area contributed by atoms with Gasteiger partial charge in [0.05, 0.1) is 17.5 Å². The van der Waals surface area contributed by atoms with E-state index in [4.69, 9.17) is 4.74 Å². The van der Waals surface area contributed by atoms with E-state index in [1.807, 2.05) is 6.20 Å². The van der Waals surface area contributed by atoms with Crippen molar-refractivity contribution < 1.29 is 22.7 Å². The van der Waals surface area contributed by atoms with Gasteiger partial charge in [0.15, 0.2) is 0 Å². The molecule has 1 amide bonds. The van der Waals surface area contributed by atoms with Gasteiger partial charge in [0.25, 0.3) is 0 Å². The Morgan fingerprint density at radius 2 is 1.94 bits per heavy atom. The molecule has 3 rings (SSSR count). The van der Waals surface area contributed by atoms with Crippen LogP contribution in [0.4, 0.5) is 18.0 Å². The quantitative estimate of drug-likeness (QED) is 0.622. The molecule has 170 valence electrons. The number of alkyl carbamates (subject to hydrolysis) is 1. The third-order valence-electron chi connectivity index (χ3n) is 4.36. The Labute approximate surface area is 183 Å². The molecule has 1 N–H and O–H groups in total. The number of alkyl halides is 3. The maximum Gasteiger partial charge on any atom is 0.416 e. The number of rotatable bonds is 5. The highest BCUT2D eigenvalue weighted by atomic mass is 19.4. The lowest BCUT2D eigenvalue weighted by molar-refractivity contribution is -0.138. The molecule has 7 nitrogen and oxygen atoms in total. The van der Waals surface area contributed by atoms with Crippen LogP contribution >= 0.6 is 0 Å². The second-order valence-electron chi connectivity index (χ2n) is 8.28. The Hall–Kier alpha value is -3.43. The second kappa shape index (κ2) is 8.97. The molecule has 32 heavy (non-hydrogen) atoms. The van der Waals surface area contributed by atoms with E-state index in [2.05, 4.69) is 20.4 Å². The molecule has 3 aromatic rings. The molecule has 0 aliphatic rings. The summed E-state index contributed by atoms with van der Waals surface area (Å²) in [7, 11) is 1.79. The van der Waals surface area contributed by atoms with Crippen LogP contribution in [-0.4, -0.2) is 31.4 Å².